The third kappa shape index (κ3) is 3.96. The van der Waals surface area contributed by atoms with Gasteiger partial charge in [0, 0.05) is 6.04 Å². The van der Waals surface area contributed by atoms with E-state index in [4.69, 9.17) is 5.11 Å². The van der Waals surface area contributed by atoms with Crippen molar-refractivity contribution in [3.05, 3.63) is 30.1 Å². The van der Waals surface area contributed by atoms with E-state index >= 15 is 0 Å². The summed E-state index contributed by atoms with van der Waals surface area (Å²) in [4.78, 5) is 11.4. The molecular weight excluding hydrogens is 211 g/mol. The molecule has 0 radical (unpaired) electrons. The number of hydrogen-bond donors (Lipinski definition) is 3. The van der Waals surface area contributed by atoms with Crippen LogP contribution in [-0.2, 0) is 4.79 Å². The maximum Gasteiger partial charge on any atom is 0.238 e. The highest BCUT2D eigenvalue weighted by Crippen LogP contribution is 2.11. The van der Waals surface area contributed by atoms with E-state index in [1.165, 1.54) is 12.1 Å². The first kappa shape index (κ1) is 12.6. The summed E-state index contributed by atoms with van der Waals surface area (Å²) in [6.45, 7) is 1.74. The van der Waals surface area contributed by atoms with Gasteiger partial charge in [-0.05, 0) is 19.1 Å². The number of nitrogens with one attached hydrogen (secondary N) is 2. The fraction of sp³-hybridized carbons (Fsp3) is 0.364. The molecule has 0 fully saturated rings. The minimum atomic E-state index is -0.467. The van der Waals surface area contributed by atoms with Crippen molar-refractivity contribution >= 4 is 11.6 Å². The van der Waals surface area contributed by atoms with E-state index in [1.807, 2.05) is 0 Å². The van der Waals surface area contributed by atoms with E-state index in [2.05, 4.69) is 10.6 Å². The van der Waals surface area contributed by atoms with Gasteiger partial charge in [-0.1, -0.05) is 12.1 Å². The highest BCUT2D eigenvalue weighted by Gasteiger charge is 2.07. The van der Waals surface area contributed by atoms with Crippen LogP contribution in [0.25, 0.3) is 0 Å². The molecule has 1 amide bonds. The molecule has 3 N–H and O–H groups in total. The SMILES string of the molecule is CC(CO)NCC(=O)Nc1ccccc1F. The predicted molar refractivity (Wildman–Crippen MR) is 59.6 cm³/mol. The largest absolute Gasteiger partial charge is 0.395 e. The minimum Gasteiger partial charge on any atom is -0.395 e. The Labute approximate surface area is 93.5 Å². The van der Waals surface area contributed by atoms with Gasteiger partial charge in [-0.3, -0.25) is 4.79 Å². The Bertz CT molecular complexity index is 358. The van der Waals surface area contributed by atoms with Crippen LogP contribution in [0.3, 0.4) is 0 Å². The topological polar surface area (TPSA) is 61.4 Å². The maximum absolute atomic E-state index is 13.1. The van der Waals surface area contributed by atoms with Crippen LogP contribution in [0.4, 0.5) is 10.1 Å². The molecule has 1 aromatic carbocycles. The zero-order valence-electron chi connectivity index (χ0n) is 9.03. The van der Waals surface area contributed by atoms with Crippen molar-refractivity contribution < 1.29 is 14.3 Å². The van der Waals surface area contributed by atoms with Gasteiger partial charge in [0.05, 0.1) is 18.8 Å². The molecule has 16 heavy (non-hydrogen) atoms. The highest BCUT2D eigenvalue weighted by molar-refractivity contribution is 5.92. The summed E-state index contributed by atoms with van der Waals surface area (Å²) in [5.41, 5.74) is 0.158. The van der Waals surface area contributed by atoms with E-state index in [1.54, 1.807) is 19.1 Å². The molecule has 4 nitrogen and oxygen atoms in total. The number of para-hydroxylation sites is 1. The first-order valence-electron chi connectivity index (χ1n) is 5.02. The second kappa shape index (κ2) is 6.19. The molecule has 0 heterocycles. The Morgan fingerprint density at radius 1 is 1.50 bits per heavy atom. The van der Waals surface area contributed by atoms with Crippen molar-refractivity contribution in [3.63, 3.8) is 0 Å². The third-order valence-electron chi connectivity index (χ3n) is 2.03. The quantitative estimate of drug-likeness (QED) is 0.693. The number of amides is 1. The van der Waals surface area contributed by atoms with E-state index in [-0.39, 0.29) is 30.8 Å². The van der Waals surface area contributed by atoms with E-state index in [0.717, 1.165) is 0 Å². The Hall–Kier alpha value is -1.46. The average Bonchev–Trinajstić information content (AvgIpc) is 2.29. The van der Waals surface area contributed by atoms with Crippen molar-refractivity contribution in [2.45, 2.75) is 13.0 Å². The molecule has 0 saturated carbocycles. The first-order valence-corrected chi connectivity index (χ1v) is 5.02. The number of benzene rings is 1. The Morgan fingerprint density at radius 3 is 2.81 bits per heavy atom. The molecular formula is C11H15FN2O2. The smallest absolute Gasteiger partial charge is 0.238 e. The fourth-order valence-electron chi connectivity index (χ4n) is 1.09. The van der Waals surface area contributed by atoms with Crippen LogP contribution in [0.15, 0.2) is 24.3 Å². The van der Waals surface area contributed by atoms with Gasteiger partial charge in [0.2, 0.25) is 5.91 Å². The molecule has 1 rings (SSSR count). The molecule has 1 atom stereocenters. The standard InChI is InChI=1S/C11H15FN2O2/c1-8(7-15)13-6-11(16)14-10-5-3-2-4-9(10)12/h2-5,8,13,15H,6-7H2,1H3,(H,14,16). The number of carbonyl (C=O) groups is 1. The van der Waals surface area contributed by atoms with Gasteiger partial charge in [0.25, 0.3) is 0 Å². The first-order chi connectivity index (χ1) is 7.63. The highest BCUT2D eigenvalue weighted by atomic mass is 19.1. The zero-order chi connectivity index (χ0) is 12.0. The van der Waals surface area contributed by atoms with Gasteiger partial charge >= 0.3 is 0 Å². The van der Waals surface area contributed by atoms with Crippen LogP contribution in [0.2, 0.25) is 0 Å². The molecule has 5 heteroatoms. The molecule has 1 unspecified atom stereocenters. The van der Waals surface area contributed by atoms with E-state index < -0.39 is 5.82 Å². The van der Waals surface area contributed by atoms with Gasteiger partial charge in [-0.15, -0.1) is 0 Å². The van der Waals surface area contributed by atoms with Crippen molar-refractivity contribution in [2.75, 3.05) is 18.5 Å². The van der Waals surface area contributed by atoms with Crippen molar-refractivity contribution in [1.29, 1.82) is 0 Å². The number of aliphatic hydroxyl groups excluding tert-OH is 1. The zero-order valence-corrected chi connectivity index (χ0v) is 9.03. The number of aliphatic hydroxyl groups is 1. The number of carbonyl (C=O) groups excluding carboxylic acids is 1. The second-order valence-corrected chi connectivity index (χ2v) is 3.49. The van der Waals surface area contributed by atoms with Crippen LogP contribution < -0.4 is 10.6 Å². The maximum atomic E-state index is 13.1. The molecule has 1 aromatic rings. The molecule has 0 bridgehead atoms. The lowest BCUT2D eigenvalue weighted by molar-refractivity contribution is -0.115. The summed E-state index contributed by atoms with van der Waals surface area (Å²) in [5, 5.41) is 13.9. The minimum absolute atomic E-state index is 0.0378. The predicted octanol–water partition coefficient (Wildman–Crippen LogP) is 0.735. The van der Waals surface area contributed by atoms with Crippen LogP contribution >= 0.6 is 0 Å². The van der Waals surface area contributed by atoms with Crippen LogP contribution in [0.1, 0.15) is 6.92 Å². The van der Waals surface area contributed by atoms with Crippen molar-refractivity contribution in [3.8, 4) is 0 Å². The summed E-state index contributed by atoms with van der Waals surface area (Å²) < 4.78 is 13.1. The monoisotopic (exact) mass is 226 g/mol. The van der Waals surface area contributed by atoms with Crippen molar-refractivity contribution in [1.82, 2.24) is 5.32 Å². The molecule has 0 aliphatic rings. The van der Waals surface area contributed by atoms with Gasteiger partial charge in [0.15, 0.2) is 0 Å². The average molecular weight is 226 g/mol. The lowest BCUT2D eigenvalue weighted by Crippen LogP contribution is -2.36. The molecule has 88 valence electrons. The molecule has 0 aliphatic heterocycles. The van der Waals surface area contributed by atoms with Gasteiger partial charge in [-0.25, -0.2) is 4.39 Å². The number of hydrogen-bond acceptors (Lipinski definition) is 3. The Balaban J connectivity index is 2.43. The van der Waals surface area contributed by atoms with E-state index in [0.29, 0.717) is 0 Å². The third-order valence-corrected chi connectivity index (χ3v) is 2.03. The molecule has 0 spiro atoms. The van der Waals surface area contributed by atoms with Gasteiger partial charge in [0.1, 0.15) is 5.82 Å². The van der Waals surface area contributed by atoms with Gasteiger partial charge < -0.3 is 15.7 Å². The normalized spacial score (nSPS) is 12.2. The second-order valence-electron chi connectivity index (χ2n) is 3.49. The van der Waals surface area contributed by atoms with E-state index in [9.17, 15) is 9.18 Å². The Morgan fingerprint density at radius 2 is 2.19 bits per heavy atom. The summed E-state index contributed by atoms with van der Waals surface area (Å²) in [6.07, 6.45) is 0. The summed E-state index contributed by atoms with van der Waals surface area (Å²) in [7, 11) is 0. The molecule has 0 saturated heterocycles. The lowest BCUT2D eigenvalue weighted by Gasteiger charge is -2.10. The van der Waals surface area contributed by atoms with Crippen LogP contribution in [-0.4, -0.2) is 30.2 Å². The van der Waals surface area contributed by atoms with Crippen LogP contribution in [0, 0.1) is 5.82 Å². The van der Waals surface area contributed by atoms with Gasteiger partial charge in [-0.2, -0.15) is 0 Å². The molecule has 0 aromatic heterocycles. The summed E-state index contributed by atoms with van der Waals surface area (Å²) >= 11 is 0. The van der Waals surface area contributed by atoms with Crippen LogP contribution in [0.5, 0.6) is 0 Å². The van der Waals surface area contributed by atoms with Crippen molar-refractivity contribution in [2.24, 2.45) is 0 Å². The molecule has 0 aliphatic carbocycles. The number of anilines is 1. The summed E-state index contributed by atoms with van der Waals surface area (Å²) in [5.74, 6) is -0.809. The number of rotatable bonds is 5. The summed E-state index contributed by atoms with van der Waals surface area (Å²) in [6, 6.07) is 5.80. The number of halogens is 1. The lowest BCUT2D eigenvalue weighted by atomic mass is 10.3. The Kier molecular flexibility index (Phi) is 4.88. The fourth-order valence-corrected chi connectivity index (χ4v) is 1.09.